The summed E-state index contributed by atoms with van der Waals surface area (Å²) in [6, 6.07) is 8.73. The van der Waals surface area contributed by atoms with E-state index in [1.807, 2.05) is 44.2 Å². The summed E-state index contributed by atoms with van der Waals surface area (Å²) in [5.41, 5.74) is 6.62. The monoisotopic (exact) mass is 250 g/mol. The van der Waals surface area contributed by atoms with Crippen molar-refractivity contribution in [3.63, 3.8) is 0 Å². The summed E-state index contributed by atoms with van der Waals surface area (Å²) in [7, 11) is 1.65. The fourth-order valence-corrected chi connectivity index (χ4v) is 1.69. The lowest BCUT2D eigenvalue weighted by Crippen LogP contribution is -2.41. The molecule has 0 unspecified atom stereocenters. The third-order valence-corrected chi connectivity index (χ3v) is 2.72. The van der Waals surface area contributed by atoms with Crippen molar-refractivity contribution in [2.45, 2.75) is 19.9 Å². The maximum absolute atomic E-state index is 11.9. The SMILES string of the molecule is COCC(C)(C)CNC(=O)[C@H](N)c1ccccc1. The molecule has 4 heteroatoms. The molecule has 1 aromatic rings. The molecule has 1 rings (SSSR count). The second kappa shape index (κ2) is 6.52. The van der Waals surface area contributed by atoms with Crippen molar-refractivity contribution in [2.24, 2.45) is 11.1 Å². The summed E-state index contributed by atoms with van der Waals surface area (Å²) >= 11 is 0. The molecule has 0 aromatic heterocycles. The molecule has 1 aromatic carbocycles. The van der Waals surface area contributed by atoms with Crippen molar-refractivity contribution >= 4 is 5.91 Å². The zero-order chi connectivity index (χ0) is 13.6. The Balaban J connectivity index is 2.51. The fraction of sp³-hybridized carbons (Fsp3) is 0.500. The van der Waals surface area contributed by atoms with Crippen LogP contribution < -0.4 is 11.1 Å². The molecular weight excluding hydrogens is 228 g/mol. The average Bonchev–Trinajstić information content (AvgIpc) is 2.36. The van der Waals surface area contributed by atoms with Crippen molar-refractivity contribution < 1.29 is 9.53 Å². The molecule has 0 saturated carbocycles. The van der Waals surface area contributed by atoms with Crippen LogP contribution in [0.5, 0.6) is 0 Å². The van der Waals surface area contributed by atoms with Crippen LogP contribution in [-0.4, -0.2) is 26.2 Å². The number of benzene rings is 1. The predicted molar refractivity (Wildman–Crippen MR) is 72.0 cm³/mol. The molecule has 0 fully saturated rings. The quantitative estimate of drug-likeness (QED) is 0.803. The van der Waals surface area contributed by atoms with Crippen LogP contribution in [0.15, 0.2) is 30.3 Å². The molecule has 4 nitrogen and oxygen atoms in total. The van der Waals surface area contributed by atoms with Gasteiger partial charge in [0.25, 0.3) is 0 Å². The van der Waals surface area contributed by atoms with Crippen LogP contribution in [0, 0.1) is 5.41 Å². The second-order valence-electron chi connectivity index (χ2n) is 5.20. The third-order valence-electron chi connectivity index (χ3n) is 2.72. The number of nitrogens with two attached hydrogens (primary N) is 1. The van der Waals surface area contributed by atoms with Gasteiger partial charge in [0.05, 0.1) is 6.61 Å². The Labute approximate surface area is 109 Å². The molecular formula is C14H22N2O2. The van der Waals surface area contributed by atoms with Gasteiger partial charge in [-0.15, -0.1) is 0 Å². The molecule has 0 saturated heterocycles. The van der Waals surface area contributed by atoms with Crippen molar-refractivity contribution in [1.29, 1.82) is 0 Å². The second-order valence-corrected chi connectivity index (χ2v) is 5.20. The number of amides is 1. The van der Waals surface area contributed by atoms with Crippen LogP contribution in [0.25, 0.3) is 0 Å². The number of nitrogens with one attached hydrogen (secondary N) is 1. The van der Waals surface area contributed by atoms with Gasteiger partial charge in [0.2, 0.25) is 5.91 Å². The number of hydrogen-bond acceptors (Lipinski definition) is 3. The molecule has 0 bridgehead atoms. The summed E-state index contributed by atoms with van der Waals surface area (Å²) in [5, 5.41) is 2.86. The van der Waals surface area contributed by atoms with Crippen LogP contribution >= 0.6 is 0 Å². The summed E-state index contributed by atoms with van der Waals surface area (Å²) < 4.78 is 5.10. The number of carbonyl (C=O) groups is 1. The van der Waals surface area contributed by atoms with Gasteiger partial charge in [-0.25, -0.2) is 0 Å². The molecule has 0 aliphatic carbocycles. The van der Waals surface area contributed by atoms with Gasteiger partial charge in [-0.3, -0.25) is 4.79 Å². The number of carbonyl (C=O) groups excluding carboxylic acids is 1. The Bertz CT molecular complexity index is 377. The molecule has 3 N–H and O–H groups in total. The molecule has 0 aliphatic heterocycles. The lowest BCUT2D eigenvalue weighted by Gasteiger charge is -2.24. The van der Waals surface area contributed by atoms with Gasteiger partial charge >= 0.3 is 0 Å². The molecule has 0 radical (unpaired) electrons. The minimum absolute atomic E-state index is 0.0964. The van der Waals surface area contributed by atoms with Gasteiger partial charge in [-0.05, 0) is 5.56 Å². The average molecular weight is 250 g/mol. The smallest absolute Gasteiger partial charge is 0.241 e. The number of methoxy groups -OCH3 is 1. The van der Waals surface area contributed by atoms with E-state index in [0.29, 0.717) is 13.2 Å². The normalized spacial score (nSPS) is 13.1. The van der Waals surface area contributed by atoms with Gasteiger partial charge in [-0.2, -0.15) is 0 Å². The Morgan fingerprint density at radius 3 is 2.56 bits per heavy atom. The van der Waals surface area contributed by atoms with Crippen molar-refractivity contribution in [3.05, 3.63) is 35.9 Å². The van der Waals surface area contributed by atoms with Crippen LogP contribution in [0.3, 0.4) is 0 Å². The maximum atomic E-state index is 11.9. The zero-order valence-corrected chi connectivity index (χ0v) is 11.3. The van der Waals surface area contributed by atoms with Gasteiger partial charge in [0, 0.05) is 19.1 Å². The van der Waals surface area contributed by atoms with Gasteiger partial charge < -0.3 is 15.8 Å². The van der Waals surface area contributed by atoms with E-state index < -0.39 is 6.04 Å². The lowest BCUT2D eigenvalue weighted by atomic mass is 9.94. The molecule has 18 heavy (non-hydrogen) atoms. The molecule has 1 atom stereocenters. The lowest BCUT2D eigenvalue weighted by molar-refractivity contribution is -0.123. The standard InChI is InChI=1S/C14H22N2O2/c1-14(2,10-18-3)9-16-13(17)12(15)11-7-5-4-6-8-11/h4-8,12H,9-10,15H2,1-3H3,(H,16,17)/t12-/m1/s1. The summed E-state index contributed by atoms with van der Waals surface area (Å²) in [6.07, 6.45) is 0. The Hall–Kier alpha value is -1.39. The molecule has 0 spiro atoms. The molecule has 0 heterocycles. The Morgan fingerprint density at radius 1 is 1.39 bits per heavy atom. The molecule has 1 amide bonds. The molecule has 100 valence electrons. The first-order valence-corrected chi connectivity index (χ1v) is 6.03. The largest absolute Gasteiger partial charge is 0.384 e. The van der Waals surface area contributed by atoms with Crippen molar-refractivity contribution in [1.82, 2.24) is 5.32 Å². The maximum Gasteiger partial charge on any atom is 0.241 e. The first-order valence-electron chi connectivity index (χ1n) is 6.03. The van der Waals surface area contributed by atoms with E-state index >= 15 is 0 Å². The van der Waals surface area contributed by atoms with Gasteiger partial charge in [0.15, 0.2) is 0 Å². The summed E-state index contributed by atoms with van der Waals surface area (Å²) in [6.45, 7) is 5.20. The van der Waals surface area contributed by atoms with E-state index in [4.69, 9.17) is 10.5 Å². The van der Waals surface area contributed by atoms with Crippen molar-refractivity contribution in [2.75, 3.05) is 20.3 Å². The third kappa shape index (κ3) is 4.47. The van der Waals surface area contributed by atoms with E-state index in [2.05, 4.69) is 5.32 Å². The minimum atomic E-state index is -0.621. The van der Waals surface area contributed by atoms with E-state index in [1.165, 1.54) is 0 Å². The zero-order valence-electron chi connectivity index (χ0n) is 11.3. The highest BCUT2D eigenvalue weighted by Gasteiger charge is 2.21. The van der Waals surface area contributed by atoms with Crippen LogP contribution in [-0.2, 0) is 9.53 Å². The number of ether oxygens (including phenoxy) is 1. The predicted octanol–water partition coefficient (Wildman–Crippen LogP) is 1.48. The van der Waals surface area contributed by atoms with E-state index in [1.54, 1.807) is 7.11 Å². The van der Waals surface area contributed by atoms with Gasteiger partial charge in [0.1, 0.15) is 6.04 Å². The summed E-state index contributed by atoms with van der Waals surface area (Å²) in [4.78, 5) is 11.9. The summed E-state index contributed by atoms with van der Waals surface area (Å²) in [5.74, 6) is -0.162. The van der Waals surface area contributed by atoms with Crippen LogP contribution in [0.4, 0.5) is 0 Å². The van der Waals surface area contributed by atoms with E-state index in [9.17, 15) is 4.79 Å². The first kappa shape index (κ1) is 14.7. The minimum Gasteiger partial charge on any atom is -0.384 e. The molecule has 0 aliphatic rings. The van der Waals surface area contributed by atoms with E-state index in [-0.39, 0.29) is 11.3 Å². The van der Waals surface area contributed by atoms with Crippen molar-refractivity contribution in [3.8, 4) is 0 Å². The Morgan fingerprint density at radius 2 is 2.00 bits per heavy atom. The fourth-order valence-electron chi connectivity index (χ4n) is 1.69. The topological polar surface area (TPSA) is 64.3 Å². The number of hydrogen-bond donors (Lipinski definition) is 2. The van der Waals surface area contributed by atoms with Crippen LogP contribution in [0.1, 0.15) is 25.5 Å². The number of rotatable bonds is 6. The first-order chi connectivity index (χ1) is 8.46. The Kier molecular flexibility index (Phi) is 5.31. The highest BCUT2D eigenvalue weighted by atomic mass is 16.5. The van der Waals surface area contributed by atoms with Gasteiger partial charge in [-0.1, -0.05) is 44.2 Å². The highest BCUT2D eigenvalue weighted by Crippen LogP contribution is 2.14. The highest BCUT2D eigenvalue weighted by molar-refractivity contribution is 5.82. The van der Waals surface area contributed by atoms with Crippen LogP contribution in [0.2, 0.25) is 0 Å². The van der Waals surface area contributed by atoms with E-state index in [0.717, 1.165) is 5.56 Å².